The monoisotopic (exact) mass is 452 g/mol. The summed E-state index contributed by atoms with van der Waals surface area (Å²) in [6.07, 6.45) is 0.755. The number of halogens is 1. The molecular weight excluding hydrogens is 428 g/mol. The van der Waals surface area contributed by atoms with E-state index in [2.05, 4.69) is 10.6 Å². The number of benzene rings is 2. The van der Waals surface area contributed by atoms with Crippen molar-refractivity contribution < 1.29 is 18.0 Å². The number of carbonyl (C=O) groups excluding carboxylic acids is 2. The van der Waals surface area contributed by atoms with Crippen LogP contribution >= 0.6 is 11.6 Å². The van der Waals surface area contributed by atoms with Crippen LogP contribution in [0.2, 0.25) is 5.02 Å². The van der Waals surface area contributed by atoms with Crippen LogP contribution in [0.25, 0.3) is 0 Å². The highest BCUT2D eigenvalue weighted by atomic mass is 35.5. The lowest BCUT2D eigenvalue weighted by Crippen LogP contribution is -2.46. The van der Waals surface area contributed by atoms with E-state index < -0.39 is 16.1 Å². The first-order chi connectivity index (χ1) is 14.1. The van der Waals surface area contributed by atoms with Gasteiger partial charge in [-0.15, -0.1) is 0 Å². The number of amides is 2. The second-order valence-corrected chi connectivity index (χ2v) is 8.76. The molecule has 1 atom stereocenters. The minimum atomic E-state index is -3.80. The SMILES string of the molecule is CCCN(CC(=O)Nc1ccc(S(N)(=O)=O)cc1)[C@@H](C)C(=O)Nc1cccc(Cl)c1. The maximum atomic E-state index is 12.6. The molecule has 2 rings (SSSR count). The standard InChI is InChI=1S/C20H25ClN4O4S/c1-3-11-25(14(2)20(27)24-17-6-4-5-15(21)12-17)13-19(26)23-16-7-9-18(10-8-16)30(22,28)29/h4-10,12,14H,3,11,13H2,1-2H3,(H,23,26)(H,24,27)(H2,22,28,29)/t14-/m0/s1. The number of hydrogen-bond acceptors (Lipinski definition) is 5. The molecule has 0 aliphatic carbocycles. The van der Waals surface area contributed by atoms with Crippen molar-refractivity contribution in [1.29, 1.82) is 0 Å². The van der Waals surface area contributed by atoms with E-state index in [4.69, 9.17) is 16.7 Å². The second kappa shape index (κ2) is 10.5. The van der Waals surface area contributed by atoms with Gasteiger partial charge in [-0.05, 0) is 62.4 Å². The minimum absolute atomic E-state index is 0.00505. The molecule has 0 aliphatic heterocycles. The van der Waals surface area contributed by atoms with Crippen LogP contribution in [0, 0.1) is 0 Å². The molecule has 0 unspecified atom stereocenters. The van der Waals surface area contributed by atoms with E-state index in [0.29, 0.717) is 22.9 Å². The van der Waals surface area contributed by atoms with E-state index in [1.807, 2.05) is 6.92 Å². The molecule has 2 amide bonds. The van der Waals surface area contributed by atoms with Gasteiger partial charge in [-0.3, -0.25) is 14.5 Å². The molecule has 0 bridgehead atoms. The highest BCUT2D eigenvalue weighted by Gasteiger charge is 2.23. The highest BCUT2D eigenvalue weighted by Crippen LogP contribution is 2.16. The summed E-state index contributed by atoms with van der Waals surface area (Å²) in [6.45, 7) is 4.22. The minimum Gasteiger partial charge on any atom is -0.325 e. The van der Waals surface area contributed by atoms with Crippen LogP contribution < -0.4 is 15.8 Å². The third-order valence-electron chi connectivity index (χ3n) is 4.34. The predicted octanol–water partition coefficient (Wildman–Crippen LogP) is 2.67. The van der Waals surface area contributed by atoms with E-state index in [0.717, 1.165) is 6.42 Å². The molecule has 8 nitrogen and oxygen atoms in total. The number of anilines is 2. The fourth-order valence-electron chi connectivity index (χ4n) is 2.79. The summed E-state index contributed by atoms with van der Waals surface area (Å²) in [7, 11) is -3.80. The zero-order valence-electron chi connectivity index (χ0n) is 16.8. The van der Waals surface area contributed by atoms with Crippen LogP contribution in [-0.4, -0.2) is 44.3 Å². The molecule has 0 radical (unpaired) electrons. The van der Waals surface area contributed by atoms with Crippen molar-refractivity contribution in [3.63, 3.8) is 0 Å². The van der Waals surface area contributed by atoms with Crippen molar-refractivity contribution in [3.05, 3.63) is 53.6 Å². The normalized spacial score (nSPS) is 12.4. The first-order valence-corrected chi connectivity index (χ1v) is 11.3. The molecule has 0 aromatic heterocycles. The van der Waals surface area contributed by atoms with Crippen molar-refractivity contribution in [2.45, 2.75) is 31.2 Å². The first kappa shape index (κ1) is 23.8. The summed E-state index contributed by atoms with van der Waals surface area (Å²) >= 11 is 5.95. The average molecular weight is 453 g/mol. The van der Waals surface area contributed by atoms with Crippen molar-refractivity contribution in [2.24, 2.45) is 5.14 Å². The maximum absolute atomic E-state index is 12.6. The molecule has 2 aromatic rings. The van der Waals surface area contributed by atoms with Crippen LogP contribution in [0.4, 0.5) is 11.4 Å². The Morgan fingerprint density at radius 2 is 1.77 bits per heavy atom. The Kier molecular flexibility index (Phi) is 8.36. The van der Waals surface area contributed by atoms with E-state index >= 15 is 0 Å². The highest BCUT2D eigenvalue weighted by molar-refractivity contribution is 7.89. The smallest absolute Gasteiger partial charge is 0.241 e. The molecular formula is C20H25ClN4O4S. The number of rotatable bonds is 9. The summed E-state index contributed by atoms with van der Waals surface area (Å²) in [6, 6.07) is 11.8. The molecule has 0 saturated carbocycles. The number of carbonyl (C=O) groups is 2. The summed E-state index contributed by atoms with van der Waals surface area (Å²) < 4.78 is 22.6. The maximum Gasteiger partial charge on any atom is 0.241 e. The van der Waals surface area contributed by atoms with Crippen molar-refractivity contribution in [2.75, 3.05) is 23.7 Å². The van der Waals surface area contributed by atoms with Gasteiger partial charge in [0.2, 0.25) is 21.8 Å². The Labute approximate surface area is 181 Å². The summed E-state index contributed by atoms with van der Waals surface area (Å²) in [5.41, 5.74) is 1.01. The van der Waals surface area contributed by atoms with E-state index in [9.17, 15) is 18.0 Å². The summed E-state index contributed by atoms with van der Waals surface area (Å²) in [4.78, 5) is 26.8. The molecule has 162 valence electrons. The van der Waals surface area contributed by atoms with Gasteiger partial charge < -0.3 is 10.6 Å². The number of hydrogen-bond donors (Lipinski definition) is 3. The van der Waals surface area contributed by atoms with Gasteiger partial charge >= 0.3 is 0 Å². The fraction of sp³-hybridized carbons (Fsp3) is 0.300. The van der Waals surface area contributed by atoms with Crippen LogP contribution in [0.5, 0.6) is 0 Å². The molecule has 0 aliphatic rings. The Hall–Kier alpha value is -2.46. The number of sulfonamides is 1. The summed E-state index contributed by atoms with van der Waals surface area (Å²) in [5.74, 6) is -0.578. The fourth-order valence-corrected chi connectivity index (χ4v) is 3.49. The molecule has 30 heavy (non-hydrogen) atoms. The van der Waals surface area contributed by atoms with Crippen LogP contribution in [0.15, 0.2) is 53.4 Å². The van der Waals surface area contributed by atoms with Crippen molar-refractivity contribution >= 4 is 44.8 Å². The van der Waals surface area contributed by atoms with E-state index in [1.54, 1.807) is 36.1 Å². The van der Waals surface area contributed by atoms with Crippen LogP contribution in [0.3, 0.4) is 0 Å². The quantitative estimate of drug-likeness (QED) is 0.540. The molecule has 10 heteroatoms. The molecule has 0 saturated heterocycles. The van der Waals surface area contributed by atoms with Gasteiger partial charge in [0.05, 0.1) is 17.5 Å². The van der Waals surface area contributed by atoms with Crippen LogP contribution in [0.1, 0.15) is 20.3 Å². The van der Waals surface area contributed by atoms with Crippen molar-refractivity contribution in [1.82, 2.24) is 4.90 Å². The van der Waals surface area contributed by atoms with Crippen LogP contribution in [-0.2, 0) is 19.6 Å². The van der Waals surface area contributed by atoms with Gasteiger partial charge in [-0.2, -0.15) is 0 Å². The number of nitrogens with two attached hydrogens (primary N) is 1. The lowest BCUT2D eigenvalue weighted by atomic mass is 10.2. The average Bonchev–Trinajstić information content (AvgIpc) is 2.66. The largest absolute Gasteiger partial charge is 0.325 e. The van der Waals surface area contributed by atoms with Gasteiger partial charge in [0.1, 0.15) is 0 Å². The molecule has 4 N–H and O–H groups in total. The van der Waals surface area contributed by atoms with Gasteiger partial charge in [-0.1, -0.05) is 24.6 Å². The molecule has 0 spiro atoms. The van der Waals surface area contributed by atoms with E-state index in [-0.39, 0.29) is 23.3 Å². The van der Waals surface area contributed by atoms with Gasteiger partial charge in [0, 0.05) is 16.4 Å². The molecule has 2 aromatic carbocycles. The van der Waals surface area contributed by atoms with Gasteiger partial charge in [0.15, 0.2) is 0 Å². The number of nitrogens with one attached hydrogen (secondary N) is 2. The van der Waals surface area contributed by atoms with Gasteiger partial charge in [0.25, 0.3) is 0 Å². The predicted molar refractivity (Wildman–Crippen MR) is 118 cm³/mol. The zero-order valence-corrected chi connectivity index (χ0v) is 18.3. The lowest BCUT2D eigenvalue weighted by molar-refractivity contribution is -0.123. The van der Waals surface area contributed by atoms with E-state index in [1.165, 1.54) is 24.3 Å². The lowest BCUT2D eigenvalue weighted by Gasteiger charge is -2.27. The molecule has 0 fully saturated rings. The molecule has 0 heterocycles. The zero-order chi connectivity index (χ0) is 22.3. The van der Waals surface area contributed by atoms with Gasteiger partial charge in [-0.25, -0.2) is 13.6 Å². The Balaban J connectivity index is 2.01. The summed E-state index contributed by atoms with van der Waals surface area (Å²) in [5, 5.41) is 11.1. The second-order valence-electron chi connectivity index (χ2n) is 6.76. The first-order valence-electron chi connectivity index (χ1n) is 9.33. The Morgan fingerprint density at radius 1 is 1.10 bits per heavy atom. The number of primary sulfonamides is 1. The Morgan fingerprint density at radius 3 is 2.33 bits per heavy atom. The van der Waals surface area contributed by atoms with Crippen molar-refractivity contribution in [3.8, 4) is 0 Å². The third kappa shape index (κ3) is 7.10. The third-order valence-corrected chi connectivity index (χ3v) is 5.51. The topological polar surface area (TPSA) is 122 Å². The number of nitrogens with zero attached hydrogens (tertiary/aromatic N) is 1. The Bertz CT molecular complexity index is 996.